The Labute approximate surface area is 93.2 Å². The standard InChI is InChI=1S/C10H16FN3S/c11-10-8(1-4-12)7-13-14(10)9-2-5-15-6-3-9/h7,9H,1-6,12H2. The van der Waals surface area contributed by atoms with Crippen molar-refractivity contribution >= 4 is 11.8 Å². The summed E-state index contributed by atoms with van der Waals surface area (Å²) in [6.45, 7) is 0.475. The van der Waals surface area contributed by atoms with Crippen LogP contribution in [0.5, 0.6) is 0 Å². The van der Waals surface area contributed by atoms with Gasteiger partial charge in [0.15, 0.2) is 0 Å². The zero-order chi connectivity index (χ0) is 10.7. The Morgan fingerprint density at radius 3 is 2.93 bits per heavy atom. The Kier molecular flexibility index (Phi) is 3.64. The molecule has 5 heteroatoms. The highest BCUT2D eigenvalue weighted by atomic mass is 32.2. The molecule has 1 aromatic heterocycles. The SMILES string of the molecule is NCCc1cnn(C2CCSCC2)c1F. The van der Waals surface area contributed by atoms with Crippen molar-refractivity contribution in [1.82, 2.24) is 9.78 Å². The Hall–Kier alpha value is -0.550. The van der Waals surface area contributed by atoms with Gasteiger partial charge < -0.3 is 5.73 Å². The molecule has 3 nitrogen and oxygen atoms in total. The molecule has 15 heavy (non-hydrogen) atoms. The molecule has 84 valence electrons. The molecule has 0 unspecified atom stereocenters. The van der Waals surface area contributed by atoms with E-state index in [0.29, 0.717) is 18.5 Å². The summed E-state index contributed by atoms with van der Waals surface area (Å²) in [5.41, 5.74) is 6.06. The van der Waals surface area contributed by atoms with Gasteiger partial charge in [0.25, 0.3) is 0 Å². The van der Waals surface area contributed by atoms with Crippen LogP contribution >= 0.6 is 11.8 Å². The van der Waals surface area contributed by atoms with Crippen molar-refractivity contribution in [3.05, 3.63) is 17.7 Å². The fourth-order valence-electron chi connectivity index (χ4n) is 1.89. The fourth-order valence-corrected chi connectivity index (χ4v) is 2.97. The van der Waals surface area contributed by atoms with Gasteiger partial charge in [0.05, 0.1) is 12.2 Å². The highest BCUT2D eigenvalue weighted by Crippen LogP contribution is 2.27. The molecule has 1 saturated heterocycles. The van der Waals surface area contributed by atoms with Crippen LogP contribution in [0.2, 0.25) is 0 Å². The fraction of sp³-hybridized carbons (Fsp3) is 0.700. The molecule has 1 aliphatic rings. The quantitative estimate of drug-likeness (QED) is 0.856. The first-order chi connectivity index (χ1) is 7.33. The summed E-state index contributed by atoms with van der Waals surface area (Å²) in [7, 11) is 0. The van der Waals surface area contributed by atoms with Gasteiger partial charge in [-0.3, -0.25) is 0 Å². The van der Waals surface area contributed by atoms with E-state index < -0.39 is 0 Å². The summed E-state index contributed by atoms with van der Waals surface area (Å²) in [5, 5.41) is 4.13. The third-order valence-corrected chi connectivity index (χ3v) is 3.80. The van der Waals surface area contributed by atoms with Crippen molar-refractivity contribution in [3.63, 3.8) is 0 Å². The van der Waals surface area contributed by atoms with E-state index in [1.165, 1.54) is 0 Å². The van der Waals surface area contributed by atoms with Crippen molar-refractivity contribution in [1.29, 1.82) is 0 Å². The highest BCUT2D eigenvalue weighted by Gasteiger charge is 2.20. The number of hydrogen-bond donors (Lipinski definition) is 1. The van der Waals surface area contributed by atoms with Crippen LogP contribution in [-0.4, -0.2) is 27.8 Å². The van der Waals surface area contributed by atoms with E-state index in [1.807, 2.05) is 11.8 Å². The summed E-state index contributed by atoms with van der Waals surface area (Å²) in [6, 6.07) is 0.248. The smallest absolute Gasteiger partial charge is 0.214 e. The van der Waals surface area contributed by atoms with Gasteiger partial charge in [0.1, 0.15) is 0 Å². The van der Waals surface area contributed by atoms with Gasteiger partial charge in [-0.2, -0.15) is 21.3 Å². The minimum atomic E-state index is -0.183. The molecule has 2 heterocycles. The van der Waals surface area contributed by atoms with Crippen molar-refractivity contribution in [2.24, 2.45) is 5.73 Å². The molecule has 1 aromatic rings. The highest BCUT2D eigenvalue weighted by molar-refractivity contribution is 7.99. The summed E-state index contributed by atoms with van der Waals surface area (Å²) in [5.74, 6) is 2.03. The topological polar surface area (TPSA) is 43.8 Å². The van der Waals surface area contributed by atoms with E-state index in [0.717, 1.165) is 24.3 Å². The van der Waals surface area contributed by atoms with Crippen LogP contribution in [-0.2, 0) is 6.42 Å². The van der Waals surface area contributed by atoms with Gasteiger partial charge in [-0.25, -0.2) is 4.68 Å². The van der Waals surface area contributed by atoms with Gasteiger partial charge in [-0.15, -0.1) is 0 Å². The molecule has 0 aliphatic carbocycles. The molecule has 1 fully saturated rings. The molecule has 2 rings (SSSR count). The molecule has 2 N–H and O–H groups in total. The van der Waals surface area contributed by atoms with Crippen LogP contribution in [0.3, 0.4) is 0 Å². The first-order valence-electron chi connectivity index (χ1n) is 5.32. The largest absolute Gasteiger partial charge is 0.330 e. The molecule has 0 radical (unpaired) electrons. The first kappa shape index (κ1) is 11.0. The van der Waals surface area contributed by atoms with Crippen LogP contribution in [0, 0.1) is 5.95 Å². The van der Waals surface area contributed by atoms with E-state index in [4.69, 9.17) is 5.73 Å². The van der Waals surface area contributed by atoms with Crippen molar-refractivity contribution in [2.75, 3.05) is 18.1 Å². The summed E-state index contributed by atoms with van der Waals surface area (Å²) < 4.78 is 15.4. The predicted molar refractivity (Wildman–Crippen MR) is 60.5 cm³/mol. The van der Waals surface area contributed by atoms with Crippen LogP contribution in [0.15, 0.2) is 6.20 Å². The van der Waals surface area contributed by atoms with Crippen LogP contribution in [0.25, 0.3) is 0 Å². The Morgan fingerprint density at radius 1 is 1.53 bits per heavy atom. The number of nitrogens with zero attached hydrogens (tertiary/aromatic N) is 2. The Morgan fingerprint density at radius 2 is 2.27 bits per heavy atom. The number of rotatable bonds is 3. The minimum absolute atomic E-state index is 0.183. The zero-order valence-electron chi connectivity index (χ0n) is 8.66. The van der Waals surface area contributed by atoms with Crippen molar-refractivity contribution in [2.45, 2.75) is 25.3 Å². The summed E-state index contributed by atoms with van der Waals surface area (Å²) in [6.07, 6.45) is 4.23. The lowest BCUT2D eigenvalue weighted by atomic mass is 10.1. The van der Waals surface area contributed by atoms with Crippen LogP contribution < -0.4 is 5.73 Å². The molecule has 0 atom stereocenters. The lowest BCUT2D eigenvalue weighted by Crippen LogP contribution is -2.18. The maximum Gasteiger partial charge on any atom is 0.214 e. The molecular formula is C10H16FN3S. The molecule has 0 aromatic carbocycles. The van der Waals surface area contributed by atoms with E-state index >= 15 is 0 Å². The van der Waals surface area contributed by atoms with E-state index in [2.05, 4.69) is 5.10 Å². The Bertz CT molecular complexity index is 320. The number of aromatic nitrogens is 2. The normalized spacial score (nSPS) is 18.3. The minimum Gasteiger partial charge on any atom is -0.330 e. The van der Waals surface area contributed by atoms with Crippen molar-refractivity contribution in [3.8, 4) is 0 Å². The van der Waals surface area contributed by atoms with E-state index in [1.54, 1.807) is 10.9 Å². The number of halogens is 1. The van der Waals surface area contributed by atoms with Gasteiger partial charge in [-0.05, 0) is 37.3 Å². The Balaban J connectivity index is 2.13. The number of thioether (sulfide) groups is 1. The first-order valence-corrected chi connectivity index (χ1v) is 6.48. The van der Waals surface area contributed by atoms with E-state index in [9.17, 15) is 4.39 Å². The van der Waals surface area contributed by atoms with Crippen LogP contribution in [0.1, 0.15) is 24.4 Å². The molecular weight excluding hydrogens is 213 g/mol. The zero-order valence-corrected chi connectivity index (χ0v) is 9.47. The van der Waals surface area contributed by atoms with Gasteiger partial charge in [0.2, 0.25) is 5.95 Å². The lowest BCUT2D eigenvalue weighted by Gasteiger charge is -2.21. The van der Waals surface area contributed by atoms with Gasteiger partial charge in [0, 0.05) is 5.56 Å². The van der Waals surface area contributed by atoms with Gasteiger partial charge >= 0.3 is 0 Å². The second-order valence-corrected chi connectivity index (χ2v) is 5.01. The molecule has 1 aliphatic heterocycles. The third kappa shape index (κ3) is 2.34. The molecule has 0 bridgehead atoms. The lowest BCUT2D eigenvalue weighted by molar-refractivity contribution is 0.355. The van der Waals surface area contributed by atoms with Crippen LogP contribution in [0.4, 0.5) is 4.39 Å². The third-order valence-electron chi connectivity index (χ3n) is 2.75. The second-order valence-electron chi connectivity index (χ2n) is 3.79. The van der Waals surface area contributed by atoms with Gasteiger partial charge in [-0.1, -0.05) is 0 Å². The molecule has 0 amide bonds. The predicted octanol–water partition coefficient (Wildman–Crippen LogP) is 1.59. The second kappa shape index (κ2) is 4.99. The average Bonchev–Trinajstić information content (AvgIpc) is 2.63. The molecule has 0 spiro atoms. The summed E-state index contributed by atoms with van der Waals surface area (Å²) in [4.78, 5) is 0. The molecule has 0 saturated carbocycles. The number of nitrogens with two attached hydrogens (primary N) is 1. The maximum atomic E-state index is 13.8. The van der Waals surface area contributed by atoms with E-state index in [-0.39, 0.29) is 12.0 Å². The monoisotopic (exact) mass is 229 g/mol. The summed E-state index contributed by atoms with van der Waals surface area (Å²) >= 11 is 1.93. The average molecular weight is 229 g/mol. The maximum absolute atomic E-state index is 13.8. The van der Waals surface area contributed by atoms with Crippen molar-refractivity contribution < 1.29 is 4.39 Å². The number of hydrogen-bond acceptors (Lipinski definition) is 3.